The summed E-state index contributed by atoms with van der Waals surface area (Å²) in [5.74, 6) is -0.173. The van der Waals surface area contributed by atoms with Crippen molar-refractivity contribution >= 4 is 27.5 Å². The van der Waals surface area contributed by atoms with Gasteiger partial charge in [0.1, 0.15) is 0 Å². The highest BCUT2D eigenvalue weighted by molar-refractivity contribution is 9.10. The lowest BCUT2D eigenvalue weighted by atomic mass is 9.74. The van der Waals surface area contributed by atoms with Crippen LogP contribution in [-0.4, -0.2) is 24.2 Å². The number of carbonyl (C=O) groups is 1. The third kappa shape index (κ3) is 3.52. The third-order valence-corrected chi connectivity index (χ3v) is 4.63. The van der Waals surface area contributed by atoms with Crippen LogP contribution in [0.4, 0.5) is 5.69 Å². The van der Waals surface area contributed by atoms with Crippen molar-refractivity contribution in [1.29, 1.82) is 0 Å². The van der Waals surface area contributed by atoms with Gasteiger partial charge < -0.3 is 16.2 Å². The first-order chi connectivity index (χ1) is 9.56. The molecule has 4 nitrogen and oxygen atoms in total. The van der Waals surface area contributed by atoms with Gasteiger partial charge in [0.2, 0.25) is 0 Å². The number of hydrogen-bond donors (Lipinski definition) is 3. The maximum Gasteiger partial charge on any atom is 0.253 e. The number of carbonyl (C=O) groups excluding carboxylic acids is 1. The molecule has 1 amide bonds. The van der Waals surface area contributed by atoms with E-state index in [0.717, 1.165) is 30.2 Å². The summed E-state index contributed by atoms with van der Waals surface area (Å²) in [5, 5.41) is 12.6. The largest absolute Gasteiger partial charge is 0.398 e. The zero-order valence-corrected chi connectivity index (χ0v) is 13.1. The molecule has 0 unspecified atom stereocenters. The predicted octanol–water partition coefficient (Wildman–Crippen LogP) is 2.70. The first kappa shape index (κ1) is 15.3. The number of amides is 1. The van der Waals surface area contributed by atoms with Gasteiger partial charge in [0.05, 0.1) is 12.2 Å². The molecule has 0 atom stereocenters. The Morgan fingerprint density at radius 3 is 2.65 bits per heavy atom. The van der Waals surface area contributed by atoms with Crippen molar-refractivity contribution in [2.45, 2.75) is 32.1 Å². The van der Waals surface area contributed by atoms with Crippen molar-refractivity contribution in [2.24, 2.45) is 5.41 Å². The molecule has 1 aromatic rings. The van der Waals surface area contributed by atoms with Crippen molar-refractivity contribution in [2.75, 3.05) is 18.9 Å². The lowest BCUT2D eigenvalue weighted by Crippen LogP contribution is -2.41. The molecule has 20 heavy (non-hydrogen) atoms. The first-order valence-electron chi connectivity index (χ1n) is 7.00. The van der Waals surface area contributed by atoms with E-state index in [9.17, 15) is 9.90 Å². The average molecular weight is 341 g/mol. The number of nitrogens with two attached hydrogens (primary N) is 1. The molecule has 0 spiro atoms. The van der Waals surface area contributed by atoms with Gasteiger partial charge in [-0.3, -0.25) is 4.79 Å². The second-order valence-electron chi connectivity index (χ2n) is 5.63. The monoisotopic (exact) mass is 340 g/mol. The van der Waals surface area contributed by atoms with E-state index in [4.69, 9.17) is 5.73 Å². The predicted molar refractivity (Wildman–Crippen MR) is 83.5 cm³/mol. The molecule has 0 radical (unpaired) electrons. The molecule has 0 saturated heterocycles. The minimum absolute atomic E-state index is 0.128. The molecule has 0 heterocycles. The van der Waals surface area contributed by atoms with Gasteiger partial charge in [-0.05, 0) is 31.0 Å². The van der Waals surface area contributed by atoms with Crippen LogP contribution in [0.25, 0.3) is 0 Å². The molecule has 1 fully saturated rings. The number of halogens is 1. The molecule has 1 aliphatic carbocycles. The quantitative estimate of drug-likeness (QED) is 0.737. The summed E-state index contributed by atoms with van der Waals surface area (Å²) < 4.78 is 0.852. The number of benzene rings is 1. The molecular formula is C15H21BrN2O2. The fourth-order valence-electron chi connectivity index (χ4n) is 2.80. The Morgan fingerprint density at radius 1 is 1.35 bits per heavy atom. The maximum absolute atomic E-state index is 12.2. The van der Waals surface area contributed by atoms with E-state index < -0.39 is 0 Å². The van der Waals surface area contributed by atoms with Crippen LogP contribution in [0.1, 0.15) is 42.5 Å². The third-order valence-electron chi connectivity index (χ3n) is 4.13. The van der Waals surface area contributed by atoms with E-state index in [1.54, 1.807) is 18.2 Å². The highest BCUT2D eigenvalue weighted by atomic mass is 79.9. The topological polar surface area (TPSA) is 75.4 Å². The van der Waals surface area contributed by atoms with Crippen molar-refractivity contribution in [3.05, 3.63) is 28.2 Å². The number of aliphatic hydroxyl groups excluding tert-OH is 1. The SMILES string of the molecule is Nc1cc(Br)ccc1C(=O)NCC1(CO)CCCCC1. The van der Waals surface area contributed by atoms with Gasteiger partial charge in [-0.25, -0.2) is 0 Å². The van der Waals surface area contributed by atoms with E-state index in [-0.39, 0.29) is 17.9 Å². The number of aliphatic hydroxyl groups is 1. The molecule has 1 saturated carbocycles. The Morgan fingerprint density at radius 2 is 2.05 bits per heavy atom. The van der Waals surface area contributed by atoms with Crippen LogP contribution in [0.3, 0.4) is 0 Å². The summed E-state index contributed by atoms with van der Waals surface area (Å²) in [7, 11) is 0. The van der Waals surface area contributed by atoms with Gasteiger partial charge in [-0.15, -0.1) is 0 Å². The molecule has 2 rings (SSSR count). The Hall–Kier alpha value is -1.07. The summed E-state index contributed by atoms with van der Waals surface area (Å²) in [5.41, 5.74) is 6.64. The number of rotatable bonds is 4. The molecular weight excluding hydrogens is 320 g/mol. The van der Waals surface area contributed by atoms with Gasteiger partial charge in [-0.1, -0.05) is 35.2 Å². The second kappa shape index (κ2) is 6.59. The zero-order valence-electron chi connectivity index (χ0n) is 11.5. The highest BCUT2D eigenvalue weighted by Gasteiger charge is 2.31. The number of hydrogen-bond acceptors (Lipinski definition) is 3. The van der Waals surface area contributed by atoms with Gasteiger partial charge in [-0.2, -0.15) is 0 Å². The van der Waals surface area contributed by atoms with Crippen LogP contribution in [0, 0.1) is 5.41 Å². The Labute approximate surface area is 127 Å². The molecule has 110 valence electrons. The smallest absolute Gasteiger partial charge is 0.253 e. The van der Waals surface area contributed by atoms with E-state index in [0.29, 0.717) is 17.8 Å². The molecule has 0 aromatic heterocycles. The summed E-state index contributed by atoms with van der Waals surface area (Å²) in [4.78, 5) is 12.2. The lowest BCUT2D eigenvalue weighted by Gasteiger charge is -2.35. The Bertz CT molecular complexity index is 485. The lowest BCUT2D eigenvalue weighted by molar-refractivity contribution is 0.0718. The van der Waals surface area contributed by atoms with Crippen molar-refractivity contribution in [1.82, 2.24) is 5.32 Å². The van der Waals surface area contributed by atoms with Gasteiger partial charge in [0.25, 0.3) is 5.91 Å². The Balaban J connectivity index is 2.00. The molecule has 5 heteroatoms. The van der Waals surface area contributed by atoms with Gasteiger partial charge in [0, 0.05) is 22.1 Å². The Kier molecular flexibility index (Phi) is 5.05. The normalized spacial score (nSPS) is 17.7. The maximum atomic E-state index is 12.2. The number of nitrogen functional groups attached to an aromatic ring is 1. The minimum atomic E-state index is -0.173. The van der Waals surface area contributed by atoms with Gasteiger partial charge >= 0.3 is 0 Å². The summed E-state index contributed by atoms with van der Waals surface area (Å²) >= 11 is 3.32. The minimum Gasteiger partial charge on any atom is -0.398 e. The van der Waals surface area contributed by atoms with Crippen LogP contribution in [0.2, 0.25) is 0 Å². The molecule has 0 aliphatic heterocycles. The number of nitrogens with one attached hydrogen (secondary N) is 1. The summed E-state index contributed by atoms with van der Waals surface area (Å²) in [6.45, 7) is 0.640. The standard InChI is InChI=1S/C15H21BrN2O2/c16-11-4-5-12(13(17)8-11)14(20)18-9-15(10-19)6-2-1-3-7-15/h4-5,8,19H,1-3,6-7,9-10,17H2,(H,18,20). The van der Waals surface area contributed by atoms with E-state index in [1.807, 2.05) is 0 Å². The van der Waals surface area contributed by atoms with E-state index in [1.165, 1.54) is 6.42 Å². The fraction of sp³-hybridized carbons (Fsp3) is 0.533. The molecule has 4 N–H and O–H groups in total. The van der Waals surface area contributed by atoms with Crippen LogP contribution < -0.4 is 11.1 Å². The van der Waals surface area contributed by atoms with Crippen molar-refractivity contribution < 1.29 is 9.90 Å². The first-order valence-corrected chi connectivity index (χ1v) is 7.80. The second-order valence-corrected chi connectivity index (χ2v) is 6.55. The summed E-state index contributed by atoms with van der Waals surface area (Å²) in [6, 6.07) is 5.23. The molecule has 1 aliphatic rings. The zero-order chi connectivity index (χ0) is 14.6. The van der Waals surface area contributed by atoms with E-state index >= 15 is 0 Å². The molecule has 0 bridgehead atoms. The van der Waals surface area contributed by atoms with Crippen LogP contribution in [0.5, 0.6) is 0 Å². The molecule has 1 aromatic carbocycles. The average Bonchev–Trinajstić information content (AvgIpc) is 2.46. The summed E-state index contributed by atoms with van der Waals surface area (Å²) in [6.07, 6.45) is 5.41. The van der Waals surface area contributed by atoms with Crippen LogP contribution >= 0.6 is 15.9 Å². The highest BCUT2D eigenvalue weighted by Crippen LogP contribution is 2.35. The van der Waals surface area contributed by atoms with Crippen LogP contribution in [0.15, 0.2) is 22.7 Å². The van der Waals surface area contributed by atoms with Crippen molar-refractivity contribution in [3.8, 4) is 0 Å². The van der Waals surface area contributed by atoms with Gasteiger partial charge in [0.15, 0.2) is 0 Å². The fourth-order valence-corrected chi connectivity index (χ4v) is 3.17. The van der Waals surface area contributed by atoms with Crippen molar-refractivity contribution in [3.63, 3.8) is 0 Å². The number of anilines is 1. The van der Waals surface area contributed by atoms with E-state index in [2.05, 4.69) is 21.2 Å². The van der Waals surface area contributed by atoms with Crippen LogP contribution in [-0.2, 0) is 0 Å².